The van der Waals surface area contributed by atoms with Crippen LogP contribution in [0.5, 0.6) is 0 Å². The lowest BCUT2D eigenvalue weighted by Crippen LogP contribution is -2.48. The van der Waals surface area contributed by atoms with Crippen LogP contribution in [-0.2, 0) is 9.59 Å². The first-order chi connectivity index (χ1) is 11.1. The Morgan fingerprint density at radius 2 is 2.00 bits per heavy atom. The second-order valence-corrected chi connectivity index (χ2v) is 7.84. The molecule has 2 rings (SSSR count). The summed E-state index contributed by atoms with van der Waals surface area (Å²) in [5.41, 5.74) is 1.57. The third-order valence-corrected chi connectivity index (χ3v) is 4.93. The molecule has 1 aliphatic heterocycles. The molecule has 24 heavy (non-hydrogen) atoms. The number of hydrogen-bond acceptors (Lipinski definition) is 3. The van der Waals surface area contributed by atoms with Gasteiger partial charge in [0, 0.05) is 18.5 Å². The molecule has 2 unspecified atom stereocenters. The molecule has 0 bridgehead atoms. The first-order valence-corrected chi connectivity index (χ1v) is 8.52. The van der Waals surface area contributed by atoms with E-state index < -0.39 is 0 Å². The topological polar surface area (TPSA) is 52.7 Å². The van der Waals surface area contributed by atoms with Crippen molar-refractivity contribution >= 4 is 23.2 Å². The molecular formula is C19H29N3O2. The zero-order valence-electron chi connectivity index (χ0n) is 15.6. The average Bonchev–Trinajstić information content (AvgIpc) is 2.59. The van der Waals surface area contributed by atoms with Crippen LogP contribution in [0.25, 0.3) is 0 Å². The van der Waals surface area contributed by atoms with Crippen LogP contribution in [-0.4, -0.2) is 42.4 Å². The molecule has 1 N–H and O–H groups in total. The molecule has 0 saturated carbocycles. The number of rotatable bonds is 3. The van der Waals surface area contributed by atoms with Crippen LogP contribution in [0.2, 0.25) is 0 Å². The Bertz CT molecular complexity index is 621. The van der Waals surface area contributed by atoms with Gasteiger partial charge in [-0.1, -0.05) is 32.9 Å². The number of amides is 2. The van der Waals surface area contributed by atoms with E-state index in [9.17, 15) is 9.59 Å². The van der Waals surface area contributed by atoms with Crippen LogP contribution >= 0.6 is 0 Å². The van der Waals surface area contributed by atoms with E-state index in [0.717, 1.165) is 5.69 Å². The van der Waals surface area contributed by atoms with E-state index in [1.54, 1.807) is 4.90 Å². The lowest BCUT2D eigenvalue weighted by Gasteiger charge is -2.37. The Labute approximate surface area is 145 Å². The molecule has 5 nitrogen and oxygen atoms in total. The van der Waals surface area contributed by atoms with Gasteiger partial charge in [-0.05, 0) is 38.4 Å². The van der Waals surface area contributed by atoms with Gasteiger partial charge in [0.15, 0.2) is 0 Å². The standard InChI is InChI=1S/C19H29N3O2/c1-13-11-17(23)20-15-9-7-8-10-16(15)22(13)18(24)12-21(6)14(2)19(3,4)5/h7-10,13-14H,11-12H2,1-6H3,(H,20,23). The van der Waals surface area contributed by atoms with E-state index in [1.807, 2.05) is 38.2 Å². The lowest BCUT2D eigenvalue weighted by molar-refractivity contribution is -0.121. The number of nitrogens with zero attached hydrogens (tertiary/aromatic N) is 2. The van der Waals surface area contributed by atoms with Crippen LogP contribution < -0.4 is 10.2 Å². The van der Waals surface area contributed by atoms with Crippen molar-refractivity contribution in [1.82, 2.24) is 4.90 Å². The monoisotopic (exact) mass is 331 g/mol. The van der Waals surface area contributed by atoms with Crippen molar-refractivity contribution in [3.8, 4) is 0 Å². The van der Waals surface area contributed by atoms with E-state index in [1.165, 1.54) is 0 Å². The third kappa shape index (κ3) is 3.96. The molecule has 1 aromatic rings. The number of anilines is 2. The maximum Gasteiger partial charge on any atom is 0.241 e. The molecule has 2 amide bonds. The van der Waals surface area contributed by atoms with Gasteiger partial charge in [-0.3, -0.25) is 14.5 Å². The molecule has 0 spiro atoms. The summed E-state index contributed by atoms with van der Waals surface area (Å²) in [6.45, 7) is 10.9. The summed E-state index contributed by atoms with van der Waals surface area (Å²) in [5, 5.41) is 2.89. The maximum atomic E-state index is 13.0. The fourth-order valence-electron chi connectivity index (χ4n) is 3.06. The van der Waals surface area contributed by atoms with E-state index >= 15 is 0 Å². The van der Waals surface area contributed by atoms with Crippen LogP contribution in [0.15, 0.2) is 24.3 Å². The second-order valence-electron chi connectivity index (χ2n) is 7.84. The van der Waals surface area contributed by atoms with Crippen LogP contribution in [0, 0.1) is 5.41 Å². The van der Waals surface area contributed by atoms with Crippen molar-refractivity contribution in [3.05, 3.63) is 24.3 Å². The van der Waals surface area contributed by atoms with Crippen LogP contribution in [0.3, 0.4) is 0 Å². The highest BCUT2D eigenvalue weighted by Crippen LogP contribution is 2.31. The normalized spacial score (nSPS) is 19.5. The molecule has 5 heteroatoms. The molecule has 0 saturated heterocycles. The summed E-state index contributed by atoms with van der Waals surface area (Å²) in [5.74, 6) is -0.0354. The fraction of sp³-hybridized carbons (Fsp3) is 0.579. The van der Waals surface area contributed by atoms with Crippen molar-refractivity contribution in [3.63, 3.8) is 0 Å². The first kappa shape index (κ1) is 18.5. The minimum absolute atomic E-state index is 0.0186. The highest BCUT2D eigenvalue weighted by Gasteiger charge is 2.32. The summed E-state index contributed by atoms with van der Waals surface area (Å²) in [4.78, 5) is 28.9. The fourth-order valence-corrected chi connectivity index (χ4v) is 3.06. The number of para-hydroxylation sites is 2. The van der Waals surface area contributed by atoms with Crippen molar-refractivity contribution in [2.24, 2.45) is 5.41 Å². The Morgan fingerprint density at radius 3 is 2.62 bits per heavy atom. The highest BCUT2D eigenvalue weighted by molar-refractivity contribution is 6.04. The second kappa shape index (κ2) is 6.93. The summed E-state index contributed by atoms with van der Waals surface area (Å²) in [6.07, 6.45) is 0.305. The van der Waals surface area contributed by atoms with Crippen LogP contribution in [0.4, 0.5) is 11.4 Å². The molecule has 132 valence electrons. The van der Waals surface area contributed by atoms with Gasteiger partial charge in [-0.2, -0.15) is 0 Å². The van der Waals surface area contributed by atoms with E-state index in [2.05, 4.69) is 37.9 Å². The van der Waals surface area contributed by atoms with E-state index in [4.69, 9.17) is 0 Å². The van der Waals surface area contributed by atoms with E-state index in [-0.39, 0.29) is 29.3 Å². The van der Waals surface area contributed by atoms with Crippen molar-refractivity contribution in [2.75, 3.05) is 23.8 Å². The number of benzene rings is 1. The molecule has 1 aliphatic rings. The Hall–Kier alpha value is -1.88. The minimum Gasteiger partial charge on any atom is -0.324 e. The lowest BCUT2D eigenvalue weighted by atomic mass is 9.87. The molecule has 0 radical (unpaired) electrons. The van der Waals surface area contributed by atoms with E-state index in [0.29, 0.717) is 18.7 Å². The highest BCUT2D eigenvalue weighted by atomic mass is 16.2. The predicted molar refractivity (Wildman–Crippen MR) is 98.2 cm³/mol. The summed E-state index contributed by atoms with van der Waals surface area (Å²) in [7, 11) is 1.98. The smallest absolute Gasteiger partial charge is 0.241 e. The molecule has 0 aliphatic carbocycles. The van der Waals surface area contributed by atoms with Crippen molar-refractivity contribution in [2.45, 2.75) is 53.1 Å². The summed E-state index contributed by atoms with van der Waals surface area (Å²) < 4.78 is 0. The number of nitrogens with one attached hydrogen (secondary N) is 1. The molecule has 2 atom stereocenters. The third-order valence-electron chi connectivity index (χ3n) is 4.93. The first-order valence-electron chi connectivity index (χ1n) is 8.52. The molecule has 0 fully saturated rings. The van der Waals surface area contributed by atoms with Gasteiger partial charge in [0.25, 0.3) is 0 Å². The van der Waals surface area contributed by atoms with Crippen LogP contribution in [0.1, 0.15) is 41.0 Å². The van der Waals surface area contributed by atoms with Gasteiger partial charge < -0.3 is 10.2 Å². The van der Waals surface area contributed by atoms with Gasteiger partial charge in [0.1, 0.15) is 0 Å². The Kier molecular flexibility index (Phi) is 5.33. The average molecular weight is 331 g/mol. The van der Waals surface area contributed by atoms with Crippen molar-refractivity contribution in [1.29, 1.82) is 0 Å². The van der Waals surface area contributed by atoms with Gasteiger partial charge >= 0.3 is 0 Å². The quantitative estimate of drug-likeness (QED) is 0.926. The van der Waals surface area contributed by atoms with Gasteiger partial charge in [0.2, 0.25) is 11.8 Å². The largest absolute Gasteiger partial charge is 0.324 e. The zero-order valence-corrected chi connectivity index (χ0v) is 15.6. The maximum absolute atomic E-state index is 13.0. The molecule has 0 aromatic heterocycles. The number of likely N-dealkylation sites (N-methyl/N-ethyl adjacent to an activating group) is 1. The summed E-state index contributed by atoms with van der Waals surface area (Å²) in [6, 6.07) is 7.59. The number of fused-ring (bicyclic) bond motifs is 1. The van der Waals surface area contributed by atoms with Gasteiger partial charge in [-0.15, -0.1) is 0 Å². The minimum atomic E-state index is -0.167. The number of carbonyl (C=O) groups is 2. The molecule has 1 heterocycles. The van der Waals surface area contributed by atoms with Gasteiger partial charge in [-0.25, -0.2) is 0 Å². The summed E-state index contributed by atoms with van der Waals surface area (Å²) >= 11 is 0. The zero-order chi connectivity index (χ0) is 18.1. The molecular weight excluding hydrogens is 302 g/mol. The number of hydrogen-bond donors (Lipinski definition) is 1. The SMILES string of the molecule is CC1CC(=O)Nc2ccccc2N1C(=O)CN(C)C(C)C(C)(C)C. The Balaban J connectivity index is 2.26. The van der Waals surface area contributed by atoms with Gasteiger partial charge in [0.05, 0.1) is 17.9 Å². The number of carbonyl (C=O) groups excluding carboxylic acids is 2. The van der Waals surface area contributed by atoms with Crippen molar-refractivity contribution < 1.29 is 9.59 Å². The molecule has 1 aromatic carbocycles. The predicted octanol–water partition coefficient (Wildman–Crippen LogP) is 3.12. The Morgan fingerprint density at radius 1 is 1.38 bits per heavy atom.